The summed E-state index contributed by atoms with van der Waals surface area (Å²) in [6.07, 6.45) is -3.14. The van der Waals surface area contributed by atoms with Crippen molar-refractivity contribution in [3.8, 4) is 0 Å². The number of rotatable bonds is 2. The lowest BCUT2D eigenvalue weighted by atomic mass is 10.1. The number of amides is 1. The maximum atomic E-state index is 13.1. The van der Waals surface area contributed by atoms with E-state index in [1.807, 2.05) is 0 Å². The predicted molar refractivity (Wildman–Crippen MR) is 90.3 cm³/mol. The smallest absolute Gasteiger partial charge is 0.316 e. The van der Waals surface area contributed by atoms with Crippen LogP contribution in [0.2, 0.25) is 0 Å². The van der Waals surface area contributed by atoms with Crippen molar-refractivity contribution in [3.05, 3.63) is 75.3 Å². The van der Waals surface area contributed by atoms with Crippen molar-refractivity contribution in [1.82, 2.24) is 9.38 Å². The van der Waals surface area contributed by atoms with Gasteiger partial charge in [0.25, 0.3) is 11.5 Å². The van der Waals surface area contributed by atoms with Crippen LogP contribution < -0.4 is 10.9 Å². The Kier molecular flexibility index (Phi) is 4.27. The number of carbonyl (C=O) groups excluding carboxylic acids is 1. The van der Waals surface area contributed by atoms with E-state index in [0.29, 0.717) is 5.65 Å². The molecule has 0 aliphatic heterocycles. The van der Waals surface area contributed by atoms with Gasteiger partial charge >= 0.3 is 6.18 Å². The SMILES string of the molecule is Cc1ccc2nc(C)c(NC(=O)c3ccccc3C(F)(F)F)c(=O)n2c1. The fourth-order valence-corrected chi connectivity index (χ4v) is 2.61. The van der Waals surface area contributed by atoms with Crippen LogP contribution in [0.25, 0.3) is 5.65 Å². The Labute approximate surface area is 146 Å². The highest BCUT2D eigenvalue weighted by Gasteiger charge is 2.35. The van der Waals surface area contributed by atoms with Gasteiger partial charge in [-0.2, -0.15) is 13.2 Å². The minimum Gasteiger partial charge on any atom is -0.316 e. The number of alkyl halides is 3. The van der Waals surface area contributed by atoms with Gasteiger partial charge in [-0.1, -0.05) is 18.2 Å². The lowest BCUT2D eigenvalue weighted by Gasteiger charge is -2.14. The van der Waals surface area contributed by atoms with E-state index >= 15 is 0 Å². The maximum Gasteiger partial charge on any atom is 0.417 e. The highest BCUT2D eigenvalue weighted by atomic mass is 19.4. The number of carbonyl (C=O) groups is 1. The van der Waals surface area contributed by atoms with E-state index in [1.54, 1.807) is 25.3 Å². The van der Waals surface area contributed by atoms with Crippen LogP contribution in [0.3, 0.4) is 0 Å². The highest BCUT2D eigenvalue weighted by molar-refractivity contribution is 6.05. The predicted octanol–water partition coefficient (Wildman–Crippen LogP) is 3.58. The number of fused-ring (bicyclic) bond motifs is 1. The molecule has 0 unspecified atom stereocenters. The Balaban J connectivity index is 2.08. The van der Waals surface area contributed by atoms with Crippen LogP contribution in [-0.4, -0.2) is 15.3 Å². The molecule has 0 aliphatic carbocycles. The van der Waals surface area contributed by atoms with Crippen molar-refractivity contribution in [2.75, 3.05) is 5.32 Å². The average Bonchev–Trinajstić information content (AvgIpc) is 2.58. The molecular formula is C18H14F3N3O2. The number of hydrogen-bond donors (Lipinski definition) is 1. The Morgan fingerprint density at radius 1 is 1.12 bits per heavy atom. The van der Waals surface area contributed by atoms with E-state index in [9.17, 15) is 22.8 Å². The zero-order valence-electron chi connectivity index (χ0n) is 13.9. The second-order valence-electron chi connectivity index (χ2n) is 5.81. The van der Waals surface area contributed by atoms with Crippen LogP contribution in [0.5, 0.6) is 0 Å². The van der Waals surface area contributed by atoms with Crippen molar-refractivity contribution in [1.29, 1.82) is 0 Å². The van der Waals surface area contributed by atoms with Crippen LogP contribution in [-0.2, 0) is 6.18 Å². The Hall–Kier alpha value is -3.16. The van der Waals surface area contributed by atoms with E-state index in [-0.39, 0.29) is 11.4 Å². The van der Waals surface area contributed by atoms with Gasteiger partial charge in [-0.25, -0.2) is 4.98 Å². The molecule has 1 amide bonds. The summed E-state index contributed by atoms with van der Waals surface area (Å²) in [6.45, 7) is 3.29. The number of pyridine rings is 1. The second-order valence-corrected chi connectivity index (χ2v) is 5.81. The molecule has 1 aromatic carbocycles. The van der Waals surface area contributed by atoms with Gasteiger partial charge in [-0.15, -0.1) is 0 Å². The Morgan fingerprint density at radius 2 is 1.81 bits per heavy atom. The quantitative estimate of drug-likeness (QED) is 0.759. The van der Waals surface area contributed by atoms with Gasteiger partial charge in [0.15, 0.2) is 0 Å². The Morgan fingerprint density at radius 3 is 2.50 bits per heavy atom. The summed E-state index contributed by atoms with van der Waals surface area (Å²) in [5, 5.41) is 2.28. The molecule has 0 saturated carbocycles. The van der Waals surface area contributed by atoms with E-state index in [1.165, 1.54) is 23.5 Å². The number of anilines is 1. The van der Waals surface area contributed by atoms with Crippen LogP contribution in [0.4, 0.5) is 18.9 Å². The topological polar surface area (TPSA) is 63.5 Å². The largest absolute Gasteiger partial charge is 0.417 e. The van der Waals surface area contributed by atoms with E-state index in [0.717, 1.165) is 17.7 Å². The van der Waals surface area contributed by atoms with Crippen molar-refractivity contribution in [2.24, 2.45) is 0 Å². The van der Waals surface area contributed by atoms with Crippen molar-refractivity contribution in [2.45, 2.75) is 20.0 Å². The number of benzene rings is 1. The van der Waals surface area contributed by atoms with Crippen LogP contribution in [0.1, 0.15) is 27.2 Å². The van der Waals surface area contributed by atoms with Gasteiger partial charge < -0.3 is 5.32 Å². The zero-order valence-corrected chi connectivity index (χ0v) is 13.9. The van der Waals surface area contributed by atoms with Gasteiger partial charge in [-0.05, 0) is 37.6 Å². The van der Waals surface area contributed by atoms with Crippen LogP contribution in [0.15, 0.2) is 47.4 Å². The molecule has 0 aliphatic rings. The fraction of sp³-hybridized carbons (Fsp3) is 0.167. The standard InChI is InChI=1S/C18H14F3N3O2/c1-10-7-8-14-22-11(2)15(17(26)24(14)9-10)23-16(25)12-5-3-4-6-13(12)18(19,20)21/h3-9H,1-2H3,(H,23,25). The number of halogens is 3. The van der Waals surface area contributed by atoms with Crippen molar-refractivity contribution < 1.29 is 18.0 Å². The minimum absolute atomic E-state index is 0.157. The molecule has 0 bridgehead atoms. The molecule has 0 spiro atoms. The maximum absolute atomic E-state index is 13.1. The summed E-state index contributed by atoms with van der Waals surface area (Å²) in [5.41, 5.74) is -0.953. The molecule has 5 nitrogen and oxygen atoms in total. The molecule has 3 aromatic rings. The average molecular weight is 361 g/mol. The normalized spacial score (nSPS) is 11.6. The third kappa shape index (κ3) is 3.17. The first kappa shape index (κ1) is 17.7. The summed E-state index contributed by atoms with van der Waals surface area (Å²) in [5.74, 6) is -1.02. The number of nitrogens with zero attached hydrogens (tertiary/aromatic N) is 2. The number of aromatic nitrogens is 2. The molecule has 1 N–H and O–H groups in total. The fourth-order valence-electron chi connectivity index (χ4n) is 2.61. The first-order valence-electron chi connectivity index (χ1n) is 7.65. The van der Waals surface area contributed by atoms with Crippen LogP contribution >= 0.6 is 0 Å². The number of aryl methyl sites for hydroxylation is 2. The van der Waals surface area contributed by atoms with Gasteiger partial charge in [0.05, 0.1) is 16.8 Å². The molecule has 0 saturated heterocycles. The molecule has 134 valence electrons. The van der Waals surface area contributed by atoms with Gasteiger partial charge in [0.1, 0.15) is 11.3 Å². The molecule has 0 atom stereocenters. The first-order chi connectivity index (χ1) is 12.2. The molecule has 8 heteroatoms. The molecule has 3 rings (SSSR count). The Bertz CT molecular complexity index is 1070. The number of hydrogen-bond acceptors (Lipinski definition) is 3. The molecule has 26 heavy (non-hydrogen) atoms. The summed E-state index contributed by atoms with van der Waals surface area (Å²) < 4.78 is 40.5. The number of nitrogens with one attached hydrogen (secondary N) is 1. The molecule has 2 aromatic heterocycles. The van der Waals surface area contributed by atoms with Gasteiger partial charge in [0, 0.05) is 6.20 Å². The third-order valence-electron chi connectivity index (χ3n) is 3.87. The van der Waals surface area contributed by atoms with Gasteiger partial charge in [0.2, 0.25) is 0 Å². The van der Waals surface area contributed by atoms with Crippen molar-refractivity contribution in [3.63, 3.8) is 0 Å². The molecule has 2 heterocycles. The van der Waals surface area contributed by atoms with E-state index in [4.69, 9.17) is 0 Å². The van der Waals surface area contributed by atoms with E-state index < -0.39 is 28.8 Å². The first-order valence-corrected chi connectivity index (χ1v) is 7.65. The molecule has 0 radical (unpaired) electrons. The minimum atomic E-state index is -4.68. The second kappa shape index (κ2) is 6.29. The van der Waals surface area contributed by atoms with Crippen LogP contribution in [0, 0.1) is 13.8 Å². The highest BCUT2D eigenvalue weighted by Crippen LogP contribution is 2.32. The third-order valence-corrected chi connectivity index (χ3v) is 3.87. The van der Waals surface area contributed by atoms with E-state index in [2.05, 4.69) is 10.3 Å². The van der Waals surface area contributed by atoms with Crippen molar-refractivity contribution >= 4 is 17.2 Å². The summed E-state index contributed by atoms with van der Waals surface area (Å²) in [4.78, 5) is 29.3. The lowest BCUT2D eigenvalue weighted by molar-refractivity contribution is -0.137. The summed E-state index contributed by atoms with van der Waals surface area (Å²) in [6, 6.07) is 7.82. The molecule has 0 fully saturated rings. The zero-order chi connectivity index (χ0) is 19.1. The molecular weight excluding hydrogens is 347 g/mol. The monoisotopic (exact) mass is 361 g/mol. The lowest BCUT2D eigenvalue weighted by Crippen LogP contribution is -2.26. The summed E-state index contributed by atoms with van der Waals surface area (Å²) >= 11 is 0. The van der Waals surface area contributed by atoms with Gasteiger partial charge in [-0.3, -0.25) is 14.0 Å². The summed E-state index contributed by atoms with van der Waals surface area (Å²) in [7, 11) is 0.